The summed E-state index contributed by atoms with van der Waals surface area (Å²) in [6.45, 7) is 0.718. The molecule has 0 aliphatic carbocycles. The minimum Gasteiger partial charge on any atom is -0.493 e. The van der Waals surface area contributed by atoms with E-state index in [0.717, 1.165) is 6.26 Å². The number of halogens is 1. The lowest BCUT2D eigenvalue weighted by Crippen LogP contribution is -2.29. The molecule has 186 valence electrons. The van der Waals surface area contributed by atoms with Gasteiger partial charge in [-0.15, -0.1) is 0 Å². The quantitative estimate of drug-likeness (QED) is 0.383. The molecule has 0 fully saturated rings. The Bertz CT molecular complexity index is 1250. The molecule has 0 unspecified atom stereocenters. The number of hydrogen-bond acceptors (Lipinski definition) is 6. The highest BCUT2D eigenvalue weighted by atomic mass is 35.5. The molecule has 0 spiro atoms. The van der Waals surface area contributed by atoms with Gasteiger partial charge in [-0.1, -0.05) is 23.7 Å². The van der Waals surface area contributed by atoms with E-state index >= 15 is 0 Å². The van der Waals surface area contributed by atoms with E-state index in [1.807, 2.05) is 0 Å². The average Bonchev–Trinajstić information content (AvgIpc) is 2.85. The fourth-order valence-corrected chi connectivity index (χ4v) is 4.28. The molecule has 10 heteroatoms. The van der Waals surface area contributed by atoms with Crippen molar-refractivity contribution in [1.82, 2.24) is 5.32 Å². The van der Waals surface area contributed by atoms with Gasteiger partial charge in [-0.2, -0.15) is 0 Å². The topological polar surface area (TPSA) is 94.2 Å². The Morgan fingerprint density at radius 2 is 1.60 bits per heavy atom. The van der Waals surface area contributed by atoms with E-state index in [2.05, 4.69) is 5.32 Å². The molecule has 0 aliphatic rings. The SMILES string of the molecule is COc1ccc(N(Cc2ccc(C(=O)NCCOc3ccc(Cl)cc3)cc2)S(C)(=O)=O)cc1OC. The van der Waals surface area contributed by atoms with Gasteiger partial charge in [0, 0.05) is 16.7 Å². The maximum absolute atomic E-state index is 12.5. The number of methoxy groups -OCH3 is 2. The molecule has 8 nitrogen and oxygen atoms in total. The smallest absolute Gasteiger partial charge is 0.251 e. The average molecular weight is 519 g/mol. The van der Waals surface area contributed by atoms with Crippen molar-refractivity contribution in [2.24, 2.45) is 0 Å². The Balaban J connectivity index is 1.62. The van der Waals surface area contributed by atoms with Gasteiger partial charge in [0.1, 0.15) is 12.4 Å². The molecule has 0 atom stereocenters. The third kappa shape index (κ3) is 7.27. The van der Waals surface area contributed by atoms with Crippen LogP contribution in [0.1, 0.15) is 15.9 Å². The van der Waals surface area contributed by atoms with Crippen LogP contribution < -0.4 is 23.8 Å². The van der Waals surface area contributed by atoms with Crippen molar-refractivity contribution in [3.63, 3.8) is 0 Å². The largest absolute Gasteiger partial charge is 0.493 e. The summed E-state index contributed by atoms with van der Waals surface area (Å²) in [4.78, 5) is 12.4. The fraction of sp³-hybridized carbons (Fsp3) is 0.240. The number of amides is 1. The zero-order chi connectivity index (χ0) is 25.4. The van der Waals surface area contributed by atoms with Crippen LogP contribution in [0.25, 0.3) is 0 Å². The summed E-state index contributed by atoms with van der Waals surface area (Å²) < 4.78 is 42.4. The van der Waals surface area contributed by atoms with Gasteiger partial charge in [-0.3, -0.25) is 9.10 Å². The summed E-state index contributed by atoms with van der Waals surface area (Å²) in [5.74, 6) is 1.33. The van der Waals surface area contributed by atoms with Gasteiger partial charge in [0.05, 0.1) is 39.3 Å². The maximum atomic E-state index is 12.5. The van der Waals surface area contributed by atoms with Crippen LogP contribution >= 0.6 is 11.6 Å². The van der Waals surface area contributed by atoms with Crippen molar-refractivity contribution >= 4 is 33.2 Å². The van der Waals surface area contributed by atoms with Gasteiger partial charge in [0.2, 0.25) is 10.0 Å². The lowest BCUT2D eigenvalue weighted by atomic mass is 10.1. The van der Waals surface area contributed by atoms with E-state index in [-0.39, 0.29) is 12.5 Å². The molecular weight excluding hydrogens is 492 g/mol. The Hall–Kier alpha value is -3.43. The molecule has 0 aliphatic heterocycles. The highest BCUT2D eigenvalue weighted by Gasteiger charge is 2.20. The number of ether oxygens (including phenoxy) is 3. The first-order valence-corrected chi connectivity index (χ1v) is 12.9. The first-order chi connectivity index (χ1) is 16.7. The number of sulfonamides is 1. The van der Waals surface area contributed by atoms with E-state index in [1.165, 1.54) is 18.5 Å². The van der Waals surface area contributed by atoms with Gasteiger partial charge in [-0.25, -0.2) is 8.42 Å². The molecule has 1 N–H and O–H groups in total. The van der Waals surface area contributed by atoms with E-state index in [9.17, 15) is 13.2 Å². The molecule has 35 heavy (non-hydrogen) atoms. The second-order valence-electron chi connectivity index (χ2n) is 7.56. The van der Waals surface area contributed by atoms with Crippen molar-refractivity contribution in [1.29, 1.82) is 0 Å². The second kappa shape index (κ2) is 11.8. The summed E-state index contributed by atoms with van der Waals surface area (Å²) in [6.07, 6.45) is 1.14. The fourth-order valence-electron chi connectivity index (χ4n) is 3.27. The summed E-state index contributed by atoms with van der Waals surface area (Å²) >= 11 is 5.84. The molecular formula is C25H27ClN2O6S. The van der Waals surface area contributed by atoms with Crippen molar-refractivity contribution in [3.8, 4) is 17.2 Å². The summed E-state index contributed by atoms with van der Waals surface area (Å²) in [5.41, 5.74) is 1.61. The highest BCUT2D eigenvalue weighted by molar-refractivity contribution is 7.92. The van der Waals surface area contributed by atoms with Crippen LogP contribution in [0.5, 0.6) is 17.2 Å². The number of rotatable bonds is 11. The number of hydrogen-bond donors (Lipinski definition) is 1. The van der Waals surface area contributed by atoms with Crippen LogP contribution in [-0.2, 0) is 16.6 Å². The predicted molar refractivity (Wildman–Crippen MR) is 136 cm³/mol. The molecule has 1 amide bonds. The number of anilines is 1. The van der Waals surface area contributed by atoms with Gasteiger partial charge in [0.25, 0.3) is 5.91 Å². The van der Waals surface area contributed by atoms with E-state index in [1.54, 1.807) is 66.7 Å². The second-order valence-corrected chi connectivity index (χ2v) is 9.91. The summed E-state index contributed by atoms with van der Waals surface area (Å²) in [5, 5.41) is 3.42. The zero-order valence-corrected chi connectivity index (χ0v) is 21.2. The van der Waals surface area contributed by atoms with Crippen molar-refractivity contribution in [3.05, 3.63) is 82.9 Å². The Morgan fingerprint density at radius 1 is 0.943 bits per heavy atom. The zero-order valence-electron chi connectivity index (χ0n) is 19.7. The monoisotopic (exact) mass is 518 g/mol. The van der Waals surface area contributed by atoms with Crippen LogP contribution in [0.2, 0.25) is 5.02 Å². The minimum absolute atomic E-state index is 0.0884. The number of nitrogens with one attached hydrogen (secondary N) is 1. The number of carbonyl (C=O) groups is 1. The number of carbonyl (C=O) groups excluding carboxylic acids is 1. The molecule has 3 rings (SSSR count). The molecule has 0 saturated carbocycles. The van der Waals surface area contributed by atoms with Crippen LogP contribution in [-0.4, -0.2) is 48.0 Å². The summed E-state index contributed by atoms with van der Waals surface area (Å²) in [6, 6.07) is 18.6. The van der Waals surface area contributed by atoms with Gasteiger partial charge >= 0.3 is 0 Å². The van der Waals surface area contributed by atoms with E-state index < -0.39 is 10.0 Å². The first-order valence-electron chi connectivity index (χ1n) is 10.7. The molecule has 0 aromatic heterocycles. The Kier molecular flexibility index (Phi) is 8.84. The van der Waals surface area contributed by atoms with Crippen LogP contribution in [0.4, 0.5) is 5.69 Å². The van der Waals surface area contributed by atoms with Crippen LogP contribution in [0, 0.1) is 0 Å². The predicted octanol–water partition coefficient (Wildman–Crippen LogP) is 4.13. The van der Waals surface area contributed by atoms with Gasteiger partial charge in [0.15, 0.2) is 11.5 Å². The normalized spacial score (nSPS) is 11.0. The Labute approximate surface area is 210 Å². The molecule has 0 heterocycles. The van der Waals surface area contributed by atoms with Crippen molar-refractivity contribution in [2.75, 3.05) is 37.9 Å². The molecule has 0 bridgehead atoms. The lowest BCUT2D eigenvalue weighted by Gasteiger charge is -2.23. The van der Waals surface area contributed by atoms with Crippen molar-refractivity contribution in [2.45, 2.75) is 6.54 Å². The van der Waals surface area contributed by atoms with Crippen LogP contribution in [0.3, 0.4) is 0 Å². The molecule has 3 aromatic carbocycles. The third-order valence-corrected chi connectivity index (χ3v) is 6.46. The third-order valence-electron chi connectivity index (χ3n) is 5.07. The standard InChI is InChI=1S/C25H27ClN2O6S/c1-32-23-13-10-21(16-24(23)33-2)28(35(3,30)31)17-18-4-6-19(7-5-18)25(29)27-14-15-34-22-11-8-20(26)9-12-22/h4-13,16H,14-15,17H2,1-3H3,(H,27,29). The van der Waals surface area contributed by atoms with Crippen LogP contribution in [0.15, 0.2) is 66.7 Å². The van der Waals surface area contributed by atoms with E-state index in [0.29, 0.717) is 52.2 Å². The highest BCUT2D eigenvalue weighted by Crippen LogP contribution is 2.33. The first kappa shape index (κ1) is 26.2. The lowest BCUT2D eigenvalue weighted by molar-refractivity contribution is 0.0947. The van der Waals surface area contributed by atoms with Gasteiger partial charge in [-0.05, 0) is 54.1 Å². The molecule has 3 aromatic rings. The molecule has 0 saturated heterocycles. The van der Waals surface area contributed by atoms with Gasteiger partial charge < -0.3 is 19.5 Å². The minimum atomic E-state index is -3.59. The van der Waals surface area contributed by atoms with E-state index in [4.69, 9.17) is 25.8 Å². The maximum Gasteiger partial charge on any atom is 0.251 e. The summed E-state index contributed by atoms with van der Waals surface area (Å²) in [7, 11) is -0.595. The number of benzene rings is 3. The number of nitrogens with zero attached hydrogens (tertiary/aromatic N) is 1. The molecule has 0 radical (unpaired) electrons. The van der Waals surface area contributed by atoms with Crippen molar-refractivity contribution < 1.29 is 27.4 Å². The Morgan fingerprint density at radius 3 is 2.20 bits per heavy atom.